The molecule has 0 spiro atoms. The summed E-state index contributed by atoms with van der Waals surface area (Å²) in [4.78, 5) is 34.6. The van der Waals surface area contributed by atoms with Crippen molar-refractivity contribution in [3.05, 3.63) is 53.2 Å². The van der Waals surface area contributed by atoms with Crippen LogP contribution in [0.1, 0.15) is 10.5 Å². The fourth-order valence-electron chi connectivity index (χ4n) is 1.52. The summed E-state index contributed by atoms with van der Waals surface area (Å²) in [5.74, 6) is 0.218. The standard InChI is InChI=1S/C11H8N8O2/c20-10-2-1-7(17-18-10)11(21)16-8-3-9(14-5-13-8)19-6-12-4-15-19/h1-6H,(H,18,20)(H,13,14,16,21). The van der Waals surface area contributed by atoms with Gasteiger partial charge in [-0.25, -0.2) is 24.7 Å². The number of rotatable bonds is 3. The minimum absolute atomic E-state index is 0.0653. The zero-order valence-corrected chi connectivity index (χ0v) is 10.5. The van der Waals surface area contributed by atoms with Crippen LogP contribution in [-0.4, -0.2) is 40.8 Å². The van der Waals surface area contributed by atoms with Crippen molar-refractivity contribution in [2.75, 3.05) is 5.32 Å². The summed E-state index contributed by atoms with van der Waals surface area (Å²) in [5, 5.41) is 12.3. The number of aromatic nitrogens is 7. The molecule has 21 heavy (non-hydrogen) atoms. The molecule has 0 aliphatic carbocycles. The smallest absolute Gasteiger partial charge is 0.277 e. The lowest BCUT2D eigenvalue weighted by Gasteiger charge is -2.04. The third-order valence-electron chi connectivity index (χ3n) is 2.46. The van der Waals surface area contributed by atoms with Crippen LogP contribution in [0.25, 0.3) is 5.82 Å². The molecular weight excluding hydrogens is 276 g/mol. The average Bonchev–Trinajstić information content (AvgIpc) is 3.02. The van der Waals surface area contributed by atoms with Gasteiger partial charge in [-0.15, -0.1) is 0 Å². The highest BCUT2D eigenvalue weighted by Gasteiger charge is 2.09. The number of hydrogen-bond donors (Lipinski definition) is 2. The molecule has 0 unspecified atom stereocenters. The lowest BCUT2D eigenvalue weighted by atomic mass is 10.3. The molecule has 3 aromatic heterocycles. The minimum Gasteiger partial charge on any atom is -0.305 e. The van der Waals surface area contributed by atoms with Gasteiger partial charge in [-0.05, 0) is 6.07 Å². The van der Waals surface area contributed by atoms with Crippen LogP contribution in [0.15, 0.2) is 42.0 Å². The zero-order valence-electron chi connectivity index (χ0n) is 10.5. The Hall–Kier alpha value is -3.43. The van der Waals surface area contributed by atoms with E-state index < -0.39 is 5.91 Å². The normalized spacial score (nSPS) is 10.3. The van der Waals surface area contributed by atoms with Crippen LogP contribution in [0.5, 0.6) is 0 Å². The maximum absolute atomic E-state index is 11.9. The number of hydrogen-bond acceptors (Lipinski definition) is 7. The summed E-state index contributed by atoms with van der Waals surface area (Å²) in [6.45, 7) is 0. The Morgan fingerprint density at radius 1 is 1.24 bits per heavy atom. The maximum Gasteiger partial charge on any atom is 0.277 e. The molecule has 0 atom stereocenters. The first-order valence-electron chi connectivity index (χ1n) is 5.76. The summed E-state index contributed by atoms with van der Waals surface area (Å²) >= 11 is 0. The average molecular weight is 284 g/mol. The van der Waals surface area contributed by atoms with Crippen LogP contribution in [0.2, 0.25) is 0 Å². The zero-order chi connectivity index (χ0) is 14.7. The number of carbonyl (C=O) groups excluding carboxylic acids is 1. The van der Waals surface area contributed by atoms with Crippen LogP contribution in [0.4, 0.5) is 5.82 Å². The van der Waals surface area contributed by atoms with Crippen molar-refractivity contribution in [1.29, 1.82) is 0 Å². The molecule has 0 aliphatic rings. The van der Waals surface area contributed by atoms with Gasteiger partial charge >= 0.3 is 0 Å². The van der Waals surface area contributed by atoms with Crippen LogP contribution in [-0.2, 0) is 0 Å². The predicted molar refractivity (Wildman–Crippen MR) is 69.8 cm³/mol. The molecule has 3 aromatic rings. The van der Waals surface area contributed by atoms with E-state index in [0.717, 1.165) is 0 Å². The molecule has 10 heteroatoms. The van der Waals surface area contributed by atoms with Crippen molar-refractivity contribution in [1.82, 2.24) is 34.9 Å². The molecule has 1 amide bonds. The molecule has 0 saturated heterocycles. The van der Waals surface area contributed by atoms with Gasteiger partial charge in [-0.3, -0.25) is 9.59 Å². The molecular formula is C11H8N8O2. The number of carbonyl (C=O) groups is 1. The number of H-pyrrole nitrogens is 1. The van der Waals surface area contributed by atoms with Crippen molar-refractivity contribution in [2.45, 2.75) is 0 Å². The molecule has 3 rings (SSSR count). The maximum atomic E-state index is 11.9. The van der Waals surface area contributed by atoms with Gasteiger partial charge in [0.2, 0.25) is 0 Å². The fourth-order valence-corrected chi connectivity index (χ4v) is 1.52. The predicted octanol–water partition coefficient (Wildman–Crippen LogP) is -0.607. The molecule has 0 aromatic carbocycles. The van der Waals surface area contributed by atoms with E-state index in [-0.39, 0.29) is 17.1 Å². The summed E-state index contributed by atoms with van der Waals surface area (Å²) in [7, 11) is 0. The molecule has 0 saturated carbocycles. The van der Waals surface area contributed by atoms with Crippen molar-refractivity contribution in [3.63, 3.8) is 0 Å². The summed E-state index contributed by atoms with van der Waals surface area (Å²) < 4.78 is 1.43. The molecule has 0 aliphatic heterocycles. The van der Waals surface area contributed by atoms with E-state index in [9.17, 15) is 9.59 Å². The van der Waals surface area contributed by atoms with Gasteiger partial charge in [0.1, 0.15) is 30.5 Å². The van der Waals surface area contributed by atoms with Gasteiger partial charge in [-0.1, -0.05) is 0 Å². The first-order valence-corrected chi connectivity index (χ1v) is 5.76. The molecule has 2 N–H and O–H groups in total. The van der Waals surface area contributed by atoms with E-state index in [1.165, 1.54) is 41.9 Å². The van der Waals surface area contributed by atoms with Gasteiger partial charge in [0.05, 0.1) is 0 Å². The fraction of sp³-hybridized carbons (Fsp3) is 0. The minimum atomic E-state index is -0.505. The Morgan fingerprint density at radius 3 is 2.86 bits per heavy atom. The number of nitrogens with zero attached hydrogens (tertiary/aromatic N) is 6. The topological polar surface area (TPSA) is 131 Å². The Balaban J connectivity index is 1.82. The second-order valence-electron chi connectivity index (χ2n) is 3.86. The van der Waals surface area contributed by atoms with E-state index in [1.807, 2.05) is 0 Å². The van der Waals surface area contributed by atoms with E-state index >= 15 is 0 Å². The molecule has 0 fully saturated rings. The molecule has 0 bridgehead atoms. The summed E-state index contributed by atoms with van der Waals surface area (Å²) in [5.41, 5.74) is -0.322. The van der Waals surface area contributed by atoms with Gasteiger partial charge in [0.25, 0.3) is 11.5 Å². The Labute approximate surface area is 116 Å². The van der Waals surface area contributed by atoms with Gasteiger partial charge in [0, 0.05) is 12.1 Å². The number of anilines is 1. The molecule has 3 heterocycles. The molecule has 0 radical (unpaired) electrons. The van der Waals surface area contributed by atoms with Crippen LogP contribution < -0.4 is 10.9 Å². The number of amides is 1. The largest absolute Gasteiger partial charge is 0.305 e. The lowest BCUT2D eigenvalue weighted by molar-refractivity contribution is 0.102. The quantitative estimate of drug-likeness (QED) is 0.655. The van der Waals surface area contributed by atoms with Crippen LogP contribution in [0, 0.1) is 0 Å². The first kappa shape index (κ1) is 12.6. The third-order valence-corrected chi connectivity index (χ3v) is 2.46. The van der Waals surface area contributed by atoms with Crippen LogP contribution in [0.3, 0.4) is 0 Å². The Kier molecular flexibility index (Phi) is 3.17. The van der Waals surface area contributed by atoms with Crippen molar-refractivity contribution in [3.8, 4) is 5.82 Å². The highest BCUT2D eigenvalue weighted by molar-refractivity contribution is 6.02. The second-order valence-corrected chi connectivity index (χ2v) is 3.86. The summed E-state index contributed by atoms with van der Waals surface area (Å²) in [6.07, 6.45) is 4.12. The second kappa shape index (κ2) is 5.28. The Morgan fingerprint density at radius 2 is 2.14 bits per heavy atom. The lowest BCUT2D eigenvalue weighted by Crippen LogP contribution is -2.18. The van der Waals surface area contributed by atoms with Gasteiger partial charge < -0.3 is 5.32 Å². The van der Waals surface area contributed by atoms with Crippen molar-refractivity contribution >= 4 is 11.7 Å². The van der Waals surface area contributed by atoms with E-state index in [0.29, 0.717) is 5.82 Å². The van der Waals surface area contributed by atoms with Gasteiger partial charge in [0.15, 0.2) is 5.82 Å². The van der Waals surface area contributed by atoms with E-state index in [4.69, 9.17) is 0 Å². The molecule has 104 valence electrons. The summed E-state index contributed by atoms with van der Waals surface area (Å²) in [6, 6.07) is 4.05. The monoisotopic (exact) mass is 284 g/mol. The van der Waals surface area contributed by atoms with Crippen LogP contribution >= 0.6 is 0 Å². The first-order chi connectivity index (χ1) is 10.2. The van der Waals surface area contributed by atoms with Crippen molar-refractivity contribution in [2.24, 2.45) is 0 Å². The van der Waals surface area contributed by atoms with E-state index in [2.05, 4.69) is 35.6 Å². The number of nitrogens with one attached hydrogen (secondary N) is 2. The van der Waals surface area contributed by atoms with Crippen molar-refractivity contribution < 1.29 is 4.79 Å². The highest BCUT2D eigenvalue weighted by atomic mass is 16.2. The SMILES string of the molecule is O=C(Nc1cc(-n2cncn2)ncn1)c1ccc(=O)[nH]n1. The highest BCUT2D eigenvalue weighted by Crippen LogP contribution is 2.08. The third kappa shape index (κ3) is 2.78. The molecule has 10 nitrogen and oxygen atoms in total. The Bertz CT molecular complexity index is 806. The van der Waals surface area contributed by atoms with Gasteiger partial charge in [-0.2, -0.15) is 10.2 Å². The van der Waals surface area contributed by atoms with E-state index in [1.54, 1.807) is 0 Å². The number of aromatic amines is 1.